The summed E-state index contributed by atoms with van der Waals surface area (Å²) in [6, 6.07) is 24.7. The quantitative estimate of drug-likeness (QED) is 0.368. The van der Waals surface area contributed by atoms with Gasteiger partial charge >= 0.3 is 6.85 Å². The van der Waals surface area contributed by atoms with E-state index in [-0.39, 0.29) is 6.85 Å². The van der Waals surface area contributed by atoms with Crippen LogP contribution in [0.4, 0.5) is 11.4 Å². The number of nitrogen functional groups attached to an aromatic ring is 1. The first-order valence-corrected chi connectivity index (χ1v) is 9.59. The van der Waals surface area contributed by atoms with Crippen LogP contribution < -0.4 is 16.4 Å². The van der Waals surface area contributed by atoms with Gasteiger partial charge in [-0.05, 0) is 47.3 Å². The average molecular weight is 362 g/mol. The highest BCUT2D eigenvalue weighted by Gasteiger charge is 2.33. The van der Waals surface area contributed by atoms with Crippen molar-refractivity contribution in [2.75, 3.05) is 11.0 Å². The van der Waals surface area contributed by atoms with Crippen molar-refractivity contribution in [2.24, 2.45) is 0 Å². The molecular weight excluding hydrogens is 339 g/mol. The van der Waals surface area contributed by atoms with Gasteiger partial charge in [0.1, 0.15) is 0 Å². The van der Waals surface area contributed by atoms with Crippen molar-refractivity contribution >= 4 is 29.3 Å². The monoisotopic (exact) mass is 362 g/mol. The molecule has 28 heavy (non-hydrogen) atoms. The van der Waals surface area contributed by atoms with E-state index in [1.807, 2.05) is 43.3 Å². The zero-order valence-corrected chi connectivity index (χ0v) is 16.0. The van der Waals surface area contributed by atoms with Crippen LogP contribution in [0.2, 0.25) is 0 Å². The molecule has 0 amide bonds. The molecule has 0 fully saturated rings. The Labute approximate surface area is 167 Å². The number of fused-ring (bicyclic) bond motifs is 2. The number of anilines is 2. The summed E-state index contributed by atoms with van der Waals surface area (Å²) >= 11 is 0. The first kappa shape index (κ1) is 17.9. The van der Waals surface area contributed by atoms with Gasteiger partial charge in [0.25, 0.3) is 0 Å². The SMILES string of the molecule is C/C=C\C=C/C1=CB2Nc3ccccc3-c3cccc1c32.Nc1ccccc1. The number of rotatable bonds is 2. The first-order chi connectivity index (χ1) is 13.8. The van der Waals surface area contributed by atoms with E-state index in [2.05, 4.69) is 71.9 Å². The fourth-order valence-electron chi connectivity index (χ4n) is 3.73. The third kappa shape index (κ3) is 3.52. The van der Waals surface area contributed by atoms with Gasteiger partial charge in [0.05, 0.1) is 0 Å². The molecule has 0 saturated heterocycles. The van der Waals surface area contributed by atoms with E-state index in [4.69, 9.17) is 5.73 Å². The molecule has 5 rings (SSSR count). The third-order valence-electron chi connectivity index (χ3n) is 4.98. The fraction of sp³-hybridized carbons (Fsp3) is 0.0400. The van der Waals surface area contributed by atoms with Crippen molar-refractivity contribution in [3.8, 4) is 11.1 Å². The molecule has 0 aromatic heterocycles. The molecule has 3 aromatic rings. The number of hydrogen-bond acceptors (Lipinski definition) is 2. The van der Waals surface area contributed by atoms with Crippen molar-refractivity contribution in [3.05, 3.63) is 109 Å². The number of nitrogens with one attached hydrogen (secondary N) is 1. The summed E-state index contributed by atoms with van der Waals surface area (Å²) in [6.45, 7) is 2.32. The van der Waals surface area contributed by atoms with E-state index in [0.717, 1.165) is 5.69 Å². The highest BCUT2D eigenvalue weighted by molar-refractivity contribution is 6.86. The lowest BCUT2D eigenvalue weighted by atomic mass is 9.54. The maximum absolute atomic E-state index is 5.36. The first-order valence-electron chi connectivity index (χ1n) is 9.59. The molecule has 0 bridgehead atoms. The lowest BCUT2D eigenvalue weighted by Crippen LogP contribution is -2.40. The molecule has 0 saturated carbocycles. The van der Waals surface area contributed by atoms with Gasteiger partial charge in [0.2, 0.25) is 0 Å². The molecule has 0 spiro atoms. The Balaban J connectivity index is 0.000000233. The highest BCUT2D eigenvalue weighted by atomic mass is 14.8. The van der Waals surface area contributed by atoms with Crippen LogP contribution in [0.25, 0.3) is 16.7 Å². The molecule has 0 radical (unpaired) electrons. The van der Waals surface area contributed by atoms with Gasteiger partial charge in [0, 0.05) is 16.9 Å². The summed E-state index contributed by atoms with van der Waals surface area (Å²) in [6.07, 6.45) is 8.42. The zero-order chi connectivity index (χ0) is 19.3. The largest absolute Gasteiger partial charge is 0.420 e. The second kappa shape index (κ2) is 8.05. The smallest absolute Gasteiger partial charge is 0.315 e. The lowest BCUT2D eigenvalue weighted by Gasteiger charge is -2.24. The van der Waals surface area contributed by atoms with Gasteiger partial charge in [-0.3, -0.25) is 0 Å². The van der Waals surface area contributed by atoms with Crippen LogP contribution in [-0.2, 0) is 0 Å². The van der Waals surface area contributed by atoms with Gasteiger partial charge in [0.15, 0.2) is 0 Å². The fourth-order valence-corrected chi connectivity index (χ4v) is 3.73. The van der Waals surface area contributed by atoms with E-state index in [1.165, 1.54) is 33.4 Å². The molecule has 2 aliphatic heterocycles. The molecule has 2 heterocycles. The van der Waals surface area contributed by atoms with Gasteiger partial charge in [-0.15, -0.1) is 0 Å². The van der Waals surface area contributed by atoms with Crippen LogP contribution in [-0.4, -0.2) is 6.85 Å². The minimum absolute atomic E-state index is 0.288. The summed E-state index contributed by atoms with van der Waals surface area (Å²) in [4.78, 5) is 0. The van der Waals surface area contributed by atoms with Gasteiger partial charge in [-0.1, -0.05) is 84.9 Å². The molecule has 3 N–H and O–H groups in total. The summed E-state index contributed by atoms with van der Waals surface area (Å²) < 4.78 is 0. The second-order valence-corrected chi connectivity index (χ2v) is 6.85. The van der Waals surface area contributed by atoms with Crippen LogP contribution in [0.5, 0.6) is 0 Å². The van der Waals surface area contributed by atoms with Crippen LogP contribution in [0.15, 0.2) is 103 Å². The average Bonchev–Trinajstić information content (AvgIpc) is 3.08. The summed E-state index contributed by atoms with van der Waals surface area (Å²) in [7, 11) is 0. The highest BCUT2D eigenvalue weighted by Crippen LogP contribution is 2.36. The number of nitrogens with two attached hydrogens (primary N) is 1. The molecule has 0 aliphatic carbocycles. The van der Waals surface area contributed by atoms with Crippen LogP contribution in [0.3, 0.4) is 0 Å². The summed E-state index contributed by atoms with van der Waals surface area (Å²) in [5.41, 5.74) is 14.1. The summed E-state index contributed by atoms with van der Waals surface area (Å²) in [5.74, 6) is 2.32. The minimum atomic E-state index is 0.288. The van der Waals surface area contributed by atoms with E-state index >= 15 is 0 Å². The third-order valence-corrected chi connectivity index (χ3v) is 4.98. The molecule has 2 nitrogen and oxygen atoms in total. The van der Waals surface area contributed by atoms with Crippen LogP contribution >= 0.6 is 0 Å². The van der Waals surface area contributed by atoms with Crippen molar-refractivity contribution in [2.45, 2.75) is 6.92 Å². The zero-order valence-electron chi connectivity index (χ0n) is 16.0. The Hall–Kier alpha value is -3.46. The normalized spacial score (nSPS) is 13.5. The van der Waals surface area contributed by atoms with E-state index in [1.54, 1.807) is 0 Å². The Kier molecular flexibility index (Phi) is 5.16. The molecule has 0 unspecified atom stereocenters. The number of allylic oxidation sites excluding steroid dienone is 5. The molecule has 3 aromatic carbocycles. The number of para-hydroxylation sites is 2. The molecule has 3 heteroatoms. The van der Waals surface area contributed by atoms with Gasteiger partial charge < -0.3 is 11.0 Å². The Bertz CT molecular complexity index is 1060. The Morgan fingerprint density at radius 1 is 0.786 bits per heavy atom. The predicted molar refractivity (Wildman–Crippen MR) is 124 cm³/mol. The van der Waals surface area contributed by atoms with Gasteiger partial charge in [-0.2, -0.15) is 0 Å². The van der Waals surface area contributed by atoms with Crippen LogP contribution in [0.1, 0.15) is 12.5 Å². The Morgan fingerprint density at radius 3 is 2.25 bits per heavy atom. The molecule has 2 aliphatic rings. The minimum Gasteiger partial charge on any atom is -0.420 e. The number of benzene rings is 3. The summed E-state index contributed by atoms with van der Waals surface area (Å²) in [5, 5.41) is 3.65. The standard InChI is InChI=1S/C19H16BN.C6H7N/c1-2-3-4-8-14-13-20-19-15(14)10-7-11-17(19)16-9-5-6-12-18(16)21-20;7-6-4-2-1-3-5-6/h2-13,21H,1H3;1-5H,7H2/b3-2-,8-4-;. The van der Waals surface area contributed by atoms with E-state index in [9.17, 15) is 0 Å². The predicted octanol–water partition coefficient (Wildman–Crippen LogP) is 5.31. The van der Waals surface area contributed by atoms with Crippen LogP contribution in [0, 0.1) is 0 Å². The maximum Gasteiger partial charge on any atom is 0.315 e. The Morgan fingerprint density at radius 2 is 1.50 bits per heavy atom. The van der Waals surface area contributed by atoms with Crippen molar-refractivity contribution in [1.29, 1.82) is 0 Å². The van der Waals surface area contributed by atoms with E-state index in [0.29, 0.717) is 0 Å². The maximum atomic E-state index is 5.36. The van der Waals surface area contributed by atoms with Crippen molar-refractivity contribution in [3.63, 3.8) is 0 Å². The van der Waals surface area contributed by atoms with Crippen molar-refractivity contribution < 1.29 is 0 Å². The molecule has 0 atom stereocenters. The topological polar surface area (TPSA) is 38.0 Å². The lowest BCUT2D eigenvalue weighted by molar-refractivity contribution is 1.58. The van der Waals surface area contributed by atoms with Crippen molar-refractivity contribution in [1.82, 2.24) is 0 Å². The van der Waals surface area contributed by atoms with Gasteiger partial charge in [-0.25, -0.2) is 0 Å². The second-order valence-electron chi connectivity index (χ2n) is 6.85. The molecule has 136 valence electrons. The van der Waals surface area contributed by atoms with E-state index < -0.39 is 0 Å². The number of hydrogen-bond donors (Lipinski definition) is 2. The molecular formula is C25H23BN2.